The molecule has 1 heterocycles. The highest BCUT2D eigenvalue weighted by molar-refractivity contribution is 6.37. The number of anilines is 1. The Kier molecular flexibility index (Phi) is 6.67. The second-order valence-corrected chi connectivity index (χ2v) is 6.63. The van der Waals surface area contributed by atoms with Gasteiger partial charge < -0.3 is 14.4 Å². The molecule has 0 saturated heterocycles. The first-order chi connectivity index (χ1) is 14.1. The predicted molar refractivity (Wildman–Crippen MR) is 113 cm³/mol. The number of hydrogen-bond acceptors (Lipinski definition) is 5. The number of rotatable bonds is 9. The van der Waals surface area contributed by atoms with Crippen LogP contribution in [0.25, 0.3) is 5.57 Å². The molecule has 0 unspecified atom stereocenters. The molecule has 3 rings (SSSR count). The van der Waals surface area contributed by atoms with Gasteiger partial charge in [0.1, 0.15) is 11.4 Å². The van der Waals surface area contributed by atoms with Gasteiger partial charge in [-0.15, -0.1) is 0 Å². The monoisotopic (exact) mass is 394 g/mol. The molecule has 0 fully saturated rings. The zero-order valence-electron chi connectivity index (χ0n) is 17.1. The van der Waals surface area contributed by atoms with Crippen LogP contribution in [0.4, 0.5) is 5.69 Å². The van der Waals surface area contributed by atoms with E-state index in [1.807, 2.05) is 55.5 Å². The molecule has 2 amide bonds. The Morgan fingerprint density at radius 2 is 1.66 bits per heavy atom. The summed E-state index contributed by atoms with van der Waals surface area (Å²) in [6.45, 7) is 3.33. The molecule has 0 N–H and O–H groups in total. The van der Waals surface area contributed by atoms with Crippen LogP contribution in [-0.4, -0.2) is 50.6 Å². The molecular formula is C23H26N2O4. The van der Waals surface area contributed by atoms with Gasteiger partial charge in [0.05, 0.1) is 12.7 Å². The Labute approximate surface area is 171 Å². The minimum absolute atomic E-state index is 0.307. The summed E-state index contributed by atoms with van der Waals surface area (Å²) in [6.07, 6.45) is 0.590. The summed E-state index contributed by atoms with van der Waals surface area (Å²) < 4.78 is 10.8. The lowest BCUT2D eigenvalue weighted by atomic mass is 10.0. The molecule has 6 nitrogen and oxygen atoms in total. The van der Waals surface area contributed by atoms with E-state index >= 15 is 0 Å². The van der Waals surface area contributed by atoms with Gasteiger partial charge in [-0.25, -0.2) is 0 Å². The van der Waals surface area contributed by atoms with Crippen molar-refractivity contribution >= 4 is 23.1 Å². The summed E-state index contributed by atoms with van der Waals surface area (Å²) in [4.78, 5) is 29.7. The Bertz CT molecular complexity index is 908. The van der Waals surface area contributed by atoms with Gasteiger partial charge in [0.25, 0.3) is 11.8 Å². The number of hydrogen-bond donors (Lipinski definition) is 0. The van der Waals surface area contributed by atoms with Crippen molar-refractivity contribution in [3.63, 3.8) is 0 Å². The van der Waals surface area contributed by atoms with E-state index in [1.165, 1.54) is 4.90 Å². The number of carbonyl (C=O) groups excluding carboxylic acids is 2. The van der Waals surface area contributed by atoms with E-state index in [0.717, 1.165) is 5.69 Å². The number of amides is 2. The Morgan fingerprint density at radius 3 is 2.34 bits per heavy atom. The molecule has 152 valence electrons. The van der Waals surface area contributed by atoms with Gasteiger partial charge in [-0.05, 0) is 31.5 Å². The second-order valence-electron chi connectivity index (χ2n) is 6.63. The molecule has 6 heteroatoms. The first-order valence-corrected chi connectivity index (χ1v) is 9.70. The average Bonchev–Trinajstić information content (AvgIpc) is 3.01. The van der Waals surface area contributed by atoms with Crippen LogP contribution in [0.5, 0.6) is 5.75 Å². The SMILES string of the molecule is CCOCCCN1C(=O)C(c2ccccc2OC)=C(N(C)c2ccccc2)C1=O. The normalized spacial score (nSPS) is 14.0. The first-order valence-electron chi connectivity index (χ1n) is 9.70. The number of carbonyl (C=O) groups is 2. The second kappa shape index (κ2) is 9.39. The maximum atomic E-state index is 13.3. The van der Waals surface area contributed by atoms with E-state index in [-0.39, 0.29) is 11.8 Å². The number of likely N-dealkylation sites (N-methyl/N-ethyl adjacent to an activating group) is 1. The maximum Gasteiger partial charge on any atom is 0.278 e. The van der Waals surface area contributed by atoms with Crippen LogP contribution in [0.1, 0.15) is 18.9 Å². The number of nitrogens with zero attached hydrogens (tertiary/aromatic N) is 2. The molecule has 1 aliphatic rings. The summed E-state index contributed by atoms with van der Waals surface area (Å²) >= 11 is 0. The van der Waals surface area contributed by atoms with Crippen LogP contribution in [0.2, 0.25) is 0 Å². The van der Waals surface area contributed by atoms with Crippen LogP contribution in [0.3, 0.4) is 0 Å². The highest BCUT2D eigenvalue weighted by Crippen LogP contribution is 2.37. The maximum absolute atomic E-state index is 13.3. The Morgan fingerprint density at radius 1 is 0.966 bits per heavy atom. The third-order valence-corrected chi connectivity index (χ3v) is 4.87. The number of para-hydroxylation sites is 2. The highest BCUT2D eigenvalue weighted by Gasteiger charge is 2.41. The molecule has 0 radical (unpaired) electrons. The summed E-state index contributed by atoms with van der Waals surface area (Å²) in [5, 5.41) is 0. The van der Waals surface area contributed by atoms with Crippen molar-refractivity contribution in [2.45, 2.75) is 13.3 Å². The number of imide groups is 1. The van der Waals surface area contributed by atoms with Crippen LogP contribution in [0, 0.1) is 0 Å². The van der Waals surface area contributed by atoms with E-state index in [0.29, 0.717) is 48.8 Å². The van der Waals surface area contributed by atoms with Crippen molar-refractivity contribution in [3.05, 3.63) is 65.9 Å². The number of methoxy groups -OCH3 is 1. The first kappa shape index (κ1) is 20.6. The standard InChI is InChI=1S/C23H26N2O4/c1-4-29-16-10-15-25-22(26)20(18-13-8-9-14-19(18)28-3)21(23(25)27)24(2)17-11-6-5-7-12-17/h5-9,11-14H,4,10,15-16H2,1-3H3. The zero-order chi connectivity index (χ0) is 20.8. The molecule has 0 atom stereocenters. The predicted octanol–water partition coefficient (Wildman–Crippen LogP) is 3.34. The van der Waals surface area contributed by atoms with E-state index in [1.54, 1.807) is 25.1 Å². The minimum atomic E-state index is -0.311. The highest BCUT2D eigenvalue weighted by atomic mass is 16.5. The van der Waals surface area contributed by atoms with Crippen LogP contribution in [-0.2, 0) is 14.3 Å². The van der Waals surface area contributed by atoms with Gasteiger partial charge in [-0.1, -0.05) is 36.4 Å². The van der Waals surface area contributed by atoms with Gasteiger partial charge in [0.2, 0.25) is 0 Å². The quantitative estimate of drug-likeness (QED) is 0.482. The third kappa shape index (κ3) is 4.17. The Balaban J connectivity index is 2.04. The average molecular weight is 394 g/mol. The van der Waals surface area contributed by atoms with Crippen molar-refractivity contribution in [1.29, 1.82) is 0 Å². The molecule has 0 spiro atoms. The van der Waals surface area contributed by atoms with Crippen molar-refractivity contribution < 1.29 is 19.1 Å². The molecule has 2 aromatic carbocycles. The molecule has 0 aliphatic carbocycles. The minimum Gasteiger partial charge on any atom is -0.496 e. The lowest BCUT2D eigenvalue weighted by molar-refractivity contribution is -0.137. The molecule has 2 aromatic rings. The molecule has 0 aromatic heterocycles. The van der Waals surface area contributed by atoms with Gasteiger partial charge in [-0.2, -0.15) is 0 Å². The fourth-order valence-electron chi connectivity index (χ4n) is 3.42. The van der Waals surface area contributed by atoms with Crippen LogP contribution in [0.15, 0.2) is 60.3 Å². The van der Waals surface area contributed by atoms with Crippen molar-refractivity contribution in [2.75, 3.05) is 38.8 Å². The third-order valence-electron chi connectivity index (χ3n) is 4.87. The fourth-order valence-corrected chi connectivity index (χ4v) is 3.42. The van der Waals surface area contributed by atoms with Gasteiger partial charge in [-0.3, -0.25) is 14.5 Å². The van der Waals surface area contributed by atoms with Gasteiger partial charge in [0, 0.05) is 38.1 Å². The smallest absolute Gasteiger partial charge is 0.278 e. The van der Waals surface area contributed by atoms with Crippen LogP contribution >= 0.6 is 0 Å². The summed E-state index contributed by atoms with van der Waals surface area (Å²) in [5.41, 5.74) is 2.14. The van der Waals surface area contributed by atoms with E-state index < -0.39 is 0 Å². The van der Waals surface area contributed by atoms with Gasteiger partial charge in [0.15, 0.2) is 0 Å². The van der Waals surface area contributed by atoms with Crippen molar-refractivity contribution in [2.24, 2.45) is 0 Å². The fraction of sp³-hybridized carbons (Fsp3) is 0.304. The van der Waals surface area contributed by atoms with Crippen molar-refractivity contribution in [3.8, 4) is 5.75 Å². The largest absolute Gasteiger partial charge is 0.496 e. The van der Waals surface area contributed by atoms with Gasteiger partial charge >= 0.3 is 0 Å². The molecule has 0 bridgehead atoms. The summed E-state index contributed by atoms with van der Waals surface area (Å²) in [7, 11) is 3.36. The van der Waals surface area contributed by atoms with E-state index in [4.69, 9.17) is 9.47 Å². The molecule has 1 aliphatic heterocycles. The zero-order valence-corrected chi connectivity index (χ0v) is 17.1. The number of ether oxygens (including phenoxy) is 2. The summed E-state index contributed by atoms with van der Waals surface area (Å²) in [5.74, 6) is -0.0636. The summed E-state index contributed by atoms with van der Waals surface area (Å²) in [6, 6.07) is 16.8. The lowest BCUT2D eigenvalue weighted by Gasteiger charge is -2.21. The van der Waals surface area contributed by atoms with Crippen LogP contribution < -0.4 is 9.64 Å². The topological polar surface area (TPSA) is 59.1 Å². The number of benzene rings is 2. The van der Waals surface area contributed by atoms with E-state index in [2.05, 4.69) is 0 Å². The van der Waals surface area contributed by atoms with Crippen molar-refractivity contribution in [1.82, 2.24) is 4.90 Å². The van der Waals surface area contributed by atoms with E-state index in [9.17, 15) is 9.59 Å². The molecule has 29 heavy (non-hydrogen) atoms. The molecule has 0 saturated carbocycles. The molecular weight excluding hydrogens is 368 g/mol. The Hall–Kier alpha value is -3.12. The lowest BCUT2D eigenvalue weighted by Crippen LogP contribution is -2.35.